The SMILES string of the molecule is O=C(NCc1cn2cc(Cl)ccc2n1)c1ccc(C(F)(F)F)cc1. The van der Waals surface area contributed by atoms with E-state index in [1.165, 1.54) is 0 Å². The van der Waals surface area contributed by atoms with Crippen LogP contribution in [0.25, 0.3) is 5.65 Å². The number of carbonyl (C=O) groups excluding carboxylic acids is 1. The summed E-state index contributed by atoms with van der Waals surface area (Å²) in [4.78, 5) is 16.3. The van der Waals surface area contributed by atoms with E-state index in [4.69, 9.17) is 11.6 Å². The van der Waals surface area contributed by atoms with E-state index < -0.39 is 17.6 Å². The van der Waals surface area contributed by atoms with Gasteiger partial charge in [-0.15, -0.1) is 0 Å². The molecule has 2 heterocycles. The molecule has 0 spiro atoms. The van der Waals surface area contributed by atoms with Gasteiger partial charge < -0.3 is 9.72 Å². The molecule has 0 saturated heterocycles. The van der Waals surface area contributed by atoms with Gasteiger partial charge in [0, 0.05) is 18.0 Å². The quantitative estimate of drug-likeness (QED) is 0.775. The van der Waals surface area contributed by atoms with E-state index in [0.29, 0.717) is 16.4 Å². The molecule has 124 valence electrons. The fourth-order valence-electron chi connectivity index (χ4n) is 2.19. The number of hydrogen-bond donors (Lipinski definition) is 1. The Bertz CT molecular complexity index is 888. The fourth-order valence-corrected chi connectivity index (χ4v) is 2.35. The molecule has 1 N–H and O–H groups in total. The van der Waals surface area contributed by atoms with Crippen LogP contribution in [0.5, 0.6) is 0 Å². The van der Waals surface area contributed by atoms with E-state index in [9.17, 15) is 18.0 Å². The highest BCUT2D eigenvalue weighted by Crippen LogP contribution is 2.29. The molecular weight excluding hydrogens is 343 g/mol. The summed E-state index contributed by atoms with van der Waals surface area (Å²) in [6, 6.07) is 7.48. The van der Waals surface area contributed by atoms with Crippen LogP contribution >= 0.6 is 11.6 Å². The number of alkyl halides is 3. The summed E-state index contributed by atoms with van der Waals surface area (Å²) in [5.74, 6) is -0.473. The number of imidazole rings is 1. The summed E-state index contributed by atoms with van der Waals surface area (Å²) >= 11 is 5.88. The van der Waals surface area contributed by atoms with Gasteiger partial charge in [-0.1, -0.05) is 11.6 Å². The van der Waals surface area contributed by atoms with E-state index in [2.05, 4.69) is 10.3 Å². The summed E-state index contributed by atoms with van der Waals surface area (Å²) < 4.78 is 39.2. The van der Waals surface area contributed by atoms with Gasteiger partial charge in [-0.05, 0) is 36.4 Å². The second-order valence-corrected chi connectivity index (χ2v) is 5.54. The number of halogens is 4. The maximum absolute atomic E-state index is 12.5. The molecule has 0 saturated carbocycles. The molecule has 3 rings (SSSR count). The third kappa shape index (κ3) is 3.51. The number of nitrogens with zero attached hydrogens (tertiary/aromatic N) is 2. The van der Waals surface area contributed by atoms with Crippen LogP contribution in [0.2, 0.25) is 5.02 Å². The van der Waals surface area contributed by atoms with Crippen LogP contribution in [0.3, 0.4) is 0 Å². The number of benzene rings is 1. The van der Waals surface area contributed by atoms with Crippen molar-refractivity contribution < 1.29 is 18.0 Å². The van der Waals surface area contributed by atoms with Crippen molar-refractivity contribution in [1.82, 2.24) is 14.7 Å². The van der Waals surface area contributed by atoms with Gasteiger partial charge in [-0.3, -0.25) is 4.79 Å². The van der Waals surface area contributed by atoms with Gasteiger partial charge in [-0.25, -0.2) is 4.98 Å². The van der Waals surface area contributed by atoms with E-state index >= 15 is 0 Å². The van der Waals surface area contributed by atoms with Gasteiger partial charge in [0.05, 0.1) is 22.8 Å². The minimum absolute atomic E-state index is 0.148. The average molecular weight is 354 g/mol. The second-order valence-electron chi connectivity index (χ2n) is 5.10. The standard InChI is InChI=1S/C16H11ClF3N3O/c17-12-5-6-14-22-13(9-23(14)8-12)7-21-15(24)10-1-3-11(4-2-10)16(18,19)20/h1-6,8-9H,7H2,(H,21,24). The van der Waals surface area contributed by atoms with Crippen LogP contribution in [0.15, 0.2) is 48.8 Å². The molecule has 0 aliphatic rings. The lowest BCUT2D eigenvalue weighted by Crippen LogP contribution is -2.23. The van der Waals surface area contributed by atoms with Crippen molar-refractivity contribution >= 4 is 23.2 Å². The minimum atomic E-state index is -4.42. The molecular formula is C16H11ClF3N3O. The topological polar surface area (TPSA) is 46.4 Å². The molecule has 0 unspecified atom stereocenters. The molecule has 3 aromatic rings. The van der Waals surface area contributed by atoms with Gasteiger partial charge in [0.2, 0.25) is 0 Å². The van der Waals surface area contributed by atoms with Gasteiger partial charge in [0.1, 0.15) is 5.65 Å². The maximum Gasteiger partial charge on any atom is 0.416 e. The number of carbonyl (C=O) groups is 1. The third-order valence-electron chi connectivity index (χ3n) is 3.37. The lowest BCUT2D eigenvalue weighted by Gasteiger charge is -2.07. The summed E-state index contributed by atoms with van der Waals surface area (Å²) in [6.07, 6.45) is -1.02. The Morgan fingerprint density at radius 2 is 1.83 bits per heavy atom. The van der Waals surface area contributed by atoms with E-state index in [1.807, 2.05) is 0 Å². The summed E-state index contributed by atoms with van der Waals surface area (Å²) in [7, 11) is 0. The van der Waals surface area contributed by atoms with Crippen LogP contribution < -0.4 is 5.32 Å². The van der Waals surface area contributed by atoms with Crippen LogP contribution in [-0.2, 0) is 12.7 Å². The Labute approximate surface area is 139 Å². The monoisotopic (exact) mass is 353 g/mol. The molecule has 4 nitrogen and oxygen atoms in total. The third-order valence-corrected chi connectivity index (χ3v) is 3.59. The van der Waals surface area contributed by atoms with Gasteiger partial charge in [-0.2, -0.15) is 13.2 Å². The minimum Gasteiger partial charge on any atom is -0.346 e. The molecule has 8 heteroatoms. The van der Waals surface area contributed by atoms with Gasteiger partial charge >= 0.3 is 6.18 Å². The largest absolute Gasteiger partial charge is 0.416 e. The summed E-state index contributed by atoms with van der Waals surface area (Å²) in [5, 5.41) is 3.18. The highest BCUT2D eigenvalue weighted by molar-refractivity contribution is 6.30. The van der Waals surface area contributed by atoms with Crippen LogP contribution in [0.4, 0.5) is 13.2 Å². The van der Waals surface area contributed by atoms with E-state index in [-0.39, 0.29) is 12.1 Å². The van der Waals surface area contributed by atoms with Gasteiger partial charge in [0.15, 0.2) is 0 Å². The molecule has 2 aromatic heterocycles. The van der Waals surface area contributed by atoms with Crippen molar-refractivity contribution in [2.45, 2.75) is 12.7 Å². The first-order chi connectivity index (χ1) is 11.3. The van der Waals surface area contributed by atoms with Gasteiger partial charge in [0.25, 0.3) is 5.91 Å². The van der Waals surface area contributed by atoms with E-state index in [1.54, 1.807) is 28.9 Å². The molecule has 24 heavy (non-hydrogen) atoms. The Balaban J connectivity index is 1.68. The highest BCUT2D eigenvalue weighted by Gasteiger charge is 2.30. The van der Waals surface area contributed by atoms with Crippen LogP contribution in [0.1, 0.15) is 21.6 Å². The molecule has 0 aliphatic carbocycles. The normalized spacial score (nSPS) is 11.7. The van der Waals surface area contributed by atoms with Crippen molar-refractivity contribution in [2.75, 3.05) is 0 Å². The first-order valence-corrected chi connectivity index (χ1v) is 7.29. The fraction of sp³-hybridized carbons (Fsp3) is 0.125. The van der Waals surface area contributed by atoms with Crippen molar-refractivity contribution in [3.63, 3.8) is 0 Å². The Kier molecular flexibility index (Phi) is 4.19. The number of pyridine rings is 1. The molecule has 0 fully saturated rings. The lowest BCUT2D eigenvalue weighted by molar-refractivity contribution is -0.137. The Morgan fingerprint density at radius 1 is 1.12 bits per heavy atom. The zero-order chi connectivity index (χ0) is 17.3. The van der Waals surface area contributed by atoms with Crippen molar-refractivity contribution in [3.8, 4) is 0 Å². The molecule has 0 radical (unpaired) electrons. The number of aromatic nitrogens is 2. The Morgan fingerprint density at radius 3 is 2.50 bits per heavy atom. The van der Waals surface area contributed by atoms with E-state index in [0.717, 1.165) is 24.3 Å². The first-order valence-electron chi connectivity index (χ1n) is 6.91. The van der Waals surface area contributed by atoms with Crippen LogP contribution in [-0.4, -0.2) is 15.3 Å². The van der Waals surface area contributed by atoms with Crippen LogP contribution in [0, 0.1) is 0 Å². The molecule has 1 aromatic carbocycles. The average Bonchev–Trinajstić information content (AvgIpc) is 2.94. The molecule has 1 amide bonds. The Hall–Kier alpha value is -2.54. The molecule has 0 aliphatic heterocycles. The van der Waals surface area contributed by atoms with Crippen molar-refractivity contribution in [1.29, 1.82) is 0 Å². The number of amides is 1. The smallest absolute Gasteiger partial charge is 0.346 e. The maximum atomic E-state index is 12.5. The predicted molar refractivity (Wildman–Crippen MR) is 82.8 cm³/mol. The van der Waals surface area contributed by atoms with Crippen molar-refractivity contribution in [2.24, 2.45) is 0 Å². The molecule has 0 bridgehead atoms. The number of fused-ring (bicyclic) bond motifs is 1. The van der Waals surface area contributed by atoms with Crippen molar-refractivity contribution in [3.05, 3.63) is 70.6 Å². The zero-order valence-electron chi connectivity index (χ0n) is 12.1. The second kappa shape index (κ2) is 6.16. The lowest BCUT2D eigenvalue weighted by atomic mass is 10.1. The predicted octanol–water partition coefficient (Wildman–Crippen LogP) is 3.94. The number of rotatable bonds is 3. The number of nitrogens with one attached hydrogen (secondary N) is 1. The summed E-state index contributed by atoms with van der Waals surface area (Å²) in [5.41, 5.74) is 0.641. The highest BCUT2D eigenvalue weighted by atomic mass is 35.5. The first kappa shape index (κ1) is 16.3. The molecule has 0 atom stereocenters. The zero-order valence-corrected chi connectivity index (χ0v) is 12.9. The summed E-state index contributed by atoms with van der Waals surface area (Å²) in [6.45, 7) is 0.152. The number of hydrogen-bond acceptors (Lipinski definition) is 2.